The topological polar surface area (TPSA) is 91.0 Å². The van der Waals surface area contributed by atoms with Crippen molar-refractivity contribution in [1.29, 1.82) is 0 Å². The predicted molar refractivity (Wildman–Crippen MR) is 129 cm³/mol. The average Bonchev–Trinajstić information content (AvgIpc) is 3.58. The Bertz CT molecular complexity index is 1270. The highest BCUT2D eigenvalue weighted by Gasteiger charge is 2.32. The minimum atomic E-state index is -0.105. The lowest BCUT2D eigenvalue weighted by Crippen LogP contribution is -2.44. The molecular weight excluding hydrogens is 430 g/mol. The fourth-order valence-electron chi connectivity index (χ4n) is 5.42. The zero-order chi connectivity index (χ0) is 23.4. The molecule has 1 saturated heterocycles. The van der Waals surface area contributed by atoms with Crippen molar-refractivity contribution in [2.45, 2.75) is 83.0 Å². The van der Waals surface area contributed by atoms with Crippen LogP contribution >= 0.6 is 0 Å². The molecule has 2 saturated carbocycles. The highest BCUT2D eigenvalue weighted by atomic mass is 16.5. The van der Waals surface area contributed by atoms with Crippen LogP contribution in [0.25, 0.3) is 11.0 Å². The summed E-state index contributed by atoms with van der Waals surface area (Å²) in [6.07, 6.45) is 12.2. The molecule has 0 bridgehead atoms. The Morgan fingerprint density at radius 2 is 1.79 bits per heavy atom. The normalized spacial score (nSPS) is 24.1. The number of aryl methyl sites for hydroxylation is 1. The molecule has 9 nitrogen and oxygen atoms in total. The van der Waals surface area contributed by atoms with E-state index in [4.69, 9.17) is 19.7 Å². The molecule has 0 N–H and O–H groups in total. The van der Waals surface area contributed by atoms with Crippen LogP contribution in [0.2, 0.25) is 0 Å². The smallest absolute Gasteiger partial charge is 0.279 e. The van der Waals surface area contributed by atoms with Crippen LogP contribution in [0.3, 0.4) is 0 Å². The predicted octanol–water partition coefficient (Wildman–Crippen LogP) is 3.58. The van der Waals surface area contributed by atoms with Crippen molar-refractivity contribution >= 4 is 17.0 Å². The van der Waals surface area contributed by atoms with E-state index in [1.807, 2.05) is 13.1 Å². The molecule has 0 aromatic carbocycles. The maximum Gasteiger partial charge on any atom is 0.279 e. The molecule has 34 heavy (non-hydrogen) atoms. The number of anilines is 1. The number of morpholine rings is 1. The second-order valence-electron chi connectivity index (χ2n) is 10.3. The second-order valence-corrected chi connectivity index (χ2v) is 10.3. The van der Waals surface area contributed by atoms with E-state index in [0.29, 0.717) is 47.9 Å². The van der Waals surface area contributed by atoms with Gasteiger partial charge in [-0.2, -0.15) is 5.10 Å². The SMILES string of the molecule is Cc1nc2c(C3CCCCC3)nc(N3C[C@H](C)O[C@@H](c4cnn(C5CC5)c4)C3)nc2c(=O)n1C. The third kappa shape index (κ3) is 3.89. The molecule has 2 atom stereocenters. The molecule has 0 amide bonds. The third-order valence-corrected chi connectivity index (χ3v) is 7.61. The molecule has 0 unspecified atom stereocenters. The van der Waals surface area contributed by atoms with Gasteiger partial charge in [0.2, 0.25) is 5.95 Å². The first kappa shape index (κ1) is 21.7. The molecule has 0 spiro atoms. The van der Waals surface area contributed by atoms with Crippen molar-refractivity contribution in [2.75, 3.05) is 18.0 Å². The molecule has 0 radical (unpaired) electrons. The van der Waals surface area contributed by atoms with Gasteiger partial charge in [0.1, 0.15) is 17.4 Å². The first-order chi connectivity index (χ1) is 16.5. The Balaban J connectivity index is 1.40. The van der Waals surface area contributed by atoms with E-state index in [1.54, 1.807) is 11.6 Å². The monoisotopic (exact) mass is 463 g/mol. The molecular formula is C25H33N7O2. The first-order valence-corrected chi connectivity index (χ1v) is 12.7. The van der Waals surface area contributed by atoms with Gasteiger partial charge >= 0.3 is 0 Å². The number of fused-ring (bicyclic) bond motifs is 1. The highest BCUT2D eigenvalue weighted by molar-refractivity contribution is 5.77. The Hall–Kier alpha value is -2.81. The van der Waals surface area contributed by atoms with Crippen LogP contribution in [0.1, 0.15) is 87.0 Å². The molecule has 9 heteroatoms. The zero-order valence-electron chi connectivity index (χ0n) is 20.3. The van der Waals surface area contributed by atoms with Gasteiger partial charge in [0.05, 0.1) is 30.6 Å². The zero-order valence-corrected chi connectivity index (χ0v) is 20.3. The van der Waals surface area contributed by atoms with E-state index in [-0.39, 0.29) is 17.8 Å². The van der Waals surface area contributed by atoms with E-state index in [2.05, 4.69) is 27.8 Å². The first-order valence-electron chi connectivity index (χ1n) is 12.7. The van der Waals surface area contributed by atoms with Gasteiger partial charge < -0.3 is 9.64 Å². The number of hydrogen-bond donors (Lipinski definition) is 0. The summed E-state index contributed by atoms with van der Waals surface area (Å²) in [7, 11) is 1.76. The van der Waals surface area contributed by atoms with Crippen LogP contribution in [0.4, 0.5) is 5.95 Å². The van der Waals surface area contributed by atoms with Crippen LogP contribution in [0.5, 0.6) is 0 Å². The van der Waals surface area contributed by atoms with Crippen molar-refractivity contribution < 1.29 is 4.74 Å². The lowest BCUT2D eigenvalue weighted by Gasteiger charge is -2.37. The summed E-state index contributed by atoms with van der Waals surface area (Å²) in [6, 6.07) is 0.542. The third-order valence-electron chi connectivity index (χ3n) is 7.61. The van der Waals surface area contributed by atoms with E-state index in [9.17, 15) is 4.79 Å². The van der Waals surface area contributed by atoms with Gasteiger partial charge in [-0.25, -0.2) is 15.0 Å². The van der Waals surface area contributed by atoms with Crippen molar-refractivity contribution in [1.82, 2.24) is 29.3 Å². The molecule has 3 fully saturated rings. The van der Waals surface area contributed by atoms with Gasteiger partial charge in [-0.15, -0.1) is 0 Å². The number of nitrogens with zero attached hydrogens (tertiary/aromatic N) is 7. The Morgan fingerprint density at radius 1 is 1.00 bits per heavy atom. The van der Waals surface area contributed by atoms with Crippen molar-refractivity contribution in [2.24, 2.45) is 7.05 Å². The van der Waals surface area contributed by atoms with E-state index >= 15 is 0 Å². The summed E-state index contributed by atoms with van der Waals surface area (Å²) in [5.74, 6) is 1.63. The molecule has 3 aliphatic rings. The number of rotatable bonds is 4. The Kier molecular flexibility index (Phi) is 5.39. The van der Waals surface area contributed by atoms with E-state index in [1.165, 1.54) is 32.1 Å². The summed E-state index contributed by atoms with van der Waals surface area (Å²) in [4.78, 5) is 30.1. The van der Waals surface area contributed by atoms with E-state index < -0.39 is 0 Å². The van der Waals surface area contributed by atoms with Gasteiger partial charge in [0.15, 0.2) is 5.52 Å². The van der Waals surface area contributed by atoms with Gasteiger partial charge in [-0.3, -0.25) is 14.0 Å². The van der Waals surface area contributed by atoms with E-state index in [0.717, 1.165) is 24.1 Å². The number of hydrogen-bond acceptors (Lipinski definition) is 7. The average molecular weight is 464 g/mol. The maximum atomic E-state index is 13.2. The Morgan fingerprint density at radius 3 is 2.56 bits per heavy atom. The van der Waals surface area contributed by atoms with Gasteiger partial charge in [-0.05, 0) is 39.5 Å². The van der Waals surface area contributed by atoms with Crippen LogP contribution in [0.15, 0.2) is 17.2 Å². The standard InChI is InChI=1S/C25H33N7O2/c1-15-12-31(14-20(34-15)18-11-26-32(13-18)19-9-10-19)25-28-21(17-7-5-4-6-8-17)22-23(29-25)24(33)30(3)16(2)27-22/h11,13,15,17,19-20H,4-10,12,14H2,1-3H3/t15-,20+/m0/s1. The minimum Gasteiger partial charge on any atom is -0.367 e. The van der Waals surface area contributed by atoms with Crippen molar-refractivity contribution in [3.63, 3.8) is 0 Å². The fourth-order valence-corrected chi connectivity index (χ4v) is 5.42. The summed E-state index contributed by atoms with van der Waals surface area (Å²) in [6.45, 7) is 5.27. The second kappa shape index (κ2) is 8.45. The molecule has 1 aliphatic heterocycles. The van der Waals surface area contributed by atoms with Crippen LogP contribution in [-0.4, -0.2) is 48.5 Å². The highest BCUT2D eigenvalue weighted by Crippen LogP contribution is 2.37. The summed E-state index contributed by atoms with van der Waals surface area (Å²) < 4.78 is 9.95. The van der Waals surface area contributed by atoms with Crippen molar-refractivity contribution in [3.8, 4) is 0 Å². The summed E-state index contributed by atoms with van der Waals surface area (Å²) in [5, 5.41) is 4.56. The molecule has 180 valence electrons. The number of ether oxygens (including phenoxy) is 1. The summed E-state index contributed by atoms with van der Waals surface area (Å²) >= 11 is 0. The van der Waals surface area contributed by atoms with Crippen LogP contribution < -0.4 is 10.5 Å². The van der Waals surface area contributed by atoms with Gasteiger partial charge in [-0.1, -0.05) is 19.3 Å². The molecule has 3 aromatic rings. The lowest BCUT2D eigenvalue weighted by molar-refractivity contribution is -0.0179. The molecule has 3 aromatic heterocycles. The molecule has 6 rings (SSSR count). The largest absolute Gasteiger partial charge is 0.367 e. The van der Waals surface area contributed by atoms with Gasteiger partial charge in [0, 0.05) is 31.3 Å². The fraction of sp³-hybridized carbons (Fsp3) is 0.640. The Labute approximate surface area is 199 Å². The van der Waals surface area contributed by atoms with Crippen LogP contribution in [0, 0.1) is 6.92 Å². The minimum absolute atomic E-state index is 0.0134. The summed E-state index contributed by atoms with van der Waals surface area (Å²) in [5.41, 5.74) is 3.03. The van der Waals surface area contributed by atoms with Crippen LogP contribution in [-0.2, 0) is 11.8 Å². The van der Waals surface area contributed by atoms with Crippen molar-refractivity contribution in [3.05, 3.63) is 39.8 Å². The van der Waals surface area contributed by atoms with Gasteiger partial charge in [0.25, 0.3) is 5.56 Å². The maximum absolute atomic E-state index is 13.2. The quantitative estimate of drug-likeness (QED) is 0.584. The lowest BCUT2D eigenvalue weighted by atomic mass is 9.86. The molecule has 4 heterocycles. The molecule has 2 aliphatic carbocycles. The number of aromatic nitrogens is 6.